The van der Waals surface area contributed by atoms with E-state index in [4.69, 9.17) is 16.3 Å². The van der Waals surface area contributed by atoms with Crippen molar-refractivity contribution in [1.82, 2.24) is 0 Å². The minimum absolute atomic E-state index is 0.0384. The van der Waals surface area contributed by atoms with Crippen LogP contribution >= 0.6 is 11.6 Å². The summed E-state index contributed by atoms with van der Waals surface area (Å²) in [5.74, 6) is -1.17. The second-order valence-electron chi connectivity index (χ2n) is 5.17. The fraction of sp³-hybridized carbons (Fsp3) is 0.429. The van der Waals surface area contributed by atoms with Crippen LogP contribution in [0, 0.1) is 11.8 Å². The van der Waals surface area contributed by atoms with Gasteiger partial charge in [-0.2, -0.15) is 13.2 Å². The van der Waals surface area contributed by atoms with Crippen molar-refractivity contribution in [2.45, 2.75) is 19.5 Å². The van der Waals surface area contributed by atoms with Gasteiger partial charge in [0.2, 0.25) is 0 Å². The molecule has 2 rings (SSSR count). The molecule has 0 bridgehead atoms. The largest absolute Gasteiger partial charge is 0.455 e. The Morgan fingerprint density at radius 1 is 1.41 bits per heavy atom. The first-order valence-corrected chi connectivity index (χ1v) is 6.89. The molecule has 8 heteroatoms. The fourth-order valence-corrected chi connectivity index (χ4v) is 2.04. The van der Waals surface area contributed by atoms with E-state index in [1.807, 2.05) is 6.92 Å². The Labute approximate surface area is 129 Å². The zero-order valence-corrected chi connectivity index (χ0v) is 12.3. The highest BCUT2D eigenvalue weighted by atomic mass is 35.5. The maximum absolute atomic E-state index is 12.6. The highest BCUT2D eigenvalue weighted by Crippen LogP contribution is 2.38. The molecule has 1 saturated carbocycles. The van der Waals surface area contributed by atoms with Gasteiger partial charge >= 0.3 is 12.1 Å². The number of hydrogen-bond donors (Lipinski definition) is 1. The lowest BCUT2D eigenvalue weighted by molar-refractivity contribution is -0.148. The normalized spacial score (nSPS) is 20.4. The maximum atomic E-state index is 12.6. The standard InChI is InChI=1S/C14H13ClF3NO3/c1-7-4-9(7)13(21)22-6-12(20)19-11-5-8(14(16,17)18)2-3-10(11)15/h2-3,5,7,9H,4,6H2,1H3,(H,19,20)/t7-,9-/m1/s1. The van der Waals surface area contributed by atoms with Crippen molar-refractivity contribution in [2.24, 2.45) is 11.8 Å². The van der Waals surface area contributed by atoms with Gasteiger partial charge in [0.15, 0.2) is 6.61 Å². The van der Waals surface area contributed by atoms with Gasteiger partial charge in [-0.15, -0.1) is 0 Å². The van der Waals surface area contributed by atoms with Crippen molar-refractivity contribution in [2.75, 3.05) is 11.9 Å². The zero-order valence-electron chi connectivity index (χ0n) is 11.5. The average molecular weight is 336 g/mol. The van der Waals surface area contributed by atoms with Crippen molar-refractivity contribution in [3.05, 3.63) is 28.8 Å². The molecule has 4 nitrogen and oxygen atoms in total. The summed E-state index contributed by atoms with van der Waals surface area (Å²) in [5, 5.41) is 2.16. The zero-order chi connectivity index (χ0) is 16.5. The summed E-state index contributed by atoms with van der Waals surface area (Å²) < 4.78 is 42.6. The van der Waals surface area contributed by atoms with Gasteiger partial charge in [-0.3, -0.25) is 9.59 Å². The van der Waals surface area contributed by atoms with Gasteiger partial charge in [-0.25, -0.2) is 0 Å². The Kier molecular flexibility index (Phi) is 4.65. The molecular weight excluding hydrogens is 323 g/mol. The summed E-state index contributed by atoms with van der Waals surface area (Å²) in [6, 6.07) is 2.58. The van der Waals surface area contributed by atoms with Crippen LogP contribution in [0.25, 0.3) is 0 Å². The summed E-state index contributed by atoms with van der Waals surface area (Å²) >= 11 is 5.74. The summed E-state index contributed by atoms with van der Waals surface area (Å²) in [6.45, 7) is 1.32. The third-order valence-electron chi connectivity index (χ3n) is 3.33. The topological polar surface area (TPSA) is 55.4 Å². The SMILES string of the molecule is C[C@@H]1C[C@H]1C(=O)OCC(=O)Nc1cc(C(F)(F)F)ccc1Cl. The van der Waals surface area contributed by atoms with E-state index in [9.17, 15) is 22.8 Å². The van der Waals surface area contributed by atoms with E-state index in [0.717, 1.165) is 24.6 Å². The summed E-state index contributed by atoms with van der Waals surface area (Å²) in [5.41, 5.74) is -1.12. The smallest absolute Gasteiger partial charge is 0.416 e. The van der Waals surface area contributed by atoms with Gasteiger partial charge in [0.25, 0.3) is 5.91 Å². The second kappa shape index (κ2) is 6.16. The number of anilines is 1. The molecule has 0 heterocycles. The molecule has 1 fully saturated rings. The summed E-state index contributed by atoms with van der Waals surface area (Å²) in [4.78, 5) is 23.1. The Hall–Kier alpha value is -1.76. The Morgan fingerprint density at radius 2 is 2.05 bits per heavy atom. The molecule has 0 spiro atoms. The van der Waals surface area contributed by atoms with Crippen molar-refractivity contribution >= 4 is 29.2 Å². The van der Waals surface area contributed by atoms with Crippen LogP contribution in [-0.4, -0.2) is 18.5 Å². The van der Waals surface area contributed by atoms with Crippen LogP contribution in [0.4, 0.5) is 18.9 Å². The molecule has 2 atom stereocenters. The third kappa shape index (κ3) is 4.13. The first-order valence-electron chi connectivity index (χ1n) is 6.51. The number of benzene rings is 1. The molecule has 1 aliphatic carbocycles. The lowest BCUT2D eigenvalue weighted by atomic mass is 10.2. The van der Waals surface area contributed by atoms with E-state index < -0.39 is 30.2 Å². The van der Waals surface area contributed by atoms with Crippen molar-refractivity contribution < 1.29 is 27.5 Å². The van der Waals surface area contributed by atoms with E-state index in [1.165, 1.54) is 0 Å². The van der Waals surface area contributed by atoms with Crippen LogP contribution in [0.3, 0.4) is 0 Å². The molecule has 22 heavy (non-hydrogen) atoms. The quantitative estimate of drug-likeness (QED) is 0.857. The molecule has 0 radical (unpaired) electrons. The predicted octanol–water partition coefficient (Wildman–Crippen LogP) is 3.50. The van der Waals surface area contributed by atoms with Crippen molar-refractivity contribution in [3.63, 3.8) is 0 Å². The molecule has 120 valence electrons. The van der Waals surface area contributed by atoms with Gasteiger partial charge < -0.3 is 10.1 Å². The fourth-order valence-electron chi connectivity index (χ4n) is 1.88. The number of esters is 1. The molecule has 1 N–H and O–H groups in total. The van der Waals surface area contributed by atoms with E-state index >= 15 is 0 Å². The number of alkyl halides is 3. The molecule has 0 aromatic heterocycles. The third-order valence-corrected chi connectivity index (χ3v) is 3.66. The van der Waals surface area contributed by atoms with Gasteiger partial charge in [0.1, 0.15) is 0 Å². The summed E-state index contributed by atoms with van der Waals surface area (Å²) in [6.07, 6.45) is -3.82. The van der Waals surface area contributed by atoms with Crippen LogP contribution in [0.15, 0.2) is 18.2 Å². The minimum Gasteiger partial charge on any atom is -0.455 e. The molecule has 1 aliphatic rings. The molecule has 1 aromatic rings. The van der Waals surface area contributed by atoms with E-state index in [1.54, 1.807) is 0 Å². The Morgan fingerprint density at radius 3 is 2.59 bits per heavy atom. The number of carbonyl (C=O) groups excluding carboxylic acids is 2. The van der Waals surface area contributed by atoms with Crippen LogP contribution in [0.1, 0.15) is 18.9 Å². The lowest BCUT2D eigenvalue weighted by Crippen LogP contribution is -2.22. The van der Waals surface area contributed by atoms with Gasteiger partial charge in [0.05, 0.1) is 22.2 Å². The molecule has 1 amide bonds. The predicted molar refractivity (Wildman–Crippen MR) is 73.3 cm³/mol. The molecule has 0 aliphatic heterocycles. The molecule has 0 unspecified atom stereocenters. The van der Waals surface area contributed by atoms with Crippen LogP contribution in [0.2, 0.25) is 5.02 Å². The van der Waals surface area contributed by atoms with Gasteiger partial charge in [-0.1, -0.05) is 18.5 Å². The minimum atomic E-state index is -4.54. The monoisotopic (exact) mass is 335 g/mol. The van der Waals surface area contributed by atoms with E-state index in [0.29, 0.717) is 0 Å². The number of nitrogens with one attached hydrogen (secondary N) is 1. The number of ether oxygens (including phenoxy) is 1. The van der Waals surface area contributed by atoms with Crippen LogP contribution < -0.4 is 5.32 Å². The highest BCUT2D eigenvalue weighted by Gasteiger charge is 2.40. The number of carbonyl (C=O) groups is 2. The first-order chi connectivity index (χ1) is 10.2. The Balaban J connectivity index is 1.94. The van der Waals surface area contributed by atoms with Crippen LogP contribution in [-0.2, 0) is 20.5 Å². The van der Waals surface area contributed by atoms with Crippen molar-refractivity contribution in [1.29, 1.82) is 0 Å². The van der Waals surface area contributed by atoms with E-state index in [-0.39, 0.29) is 22.5 Å². The Bertz CT molecular complexity index is 603. The molecule has 0 saturated heterocycles. The van der Waals surface area contributed by atoms with Crippen molar-refractivity contribution in [3.8, 4) is 0 Å². The lowest BCUT2D eigenvalue weighted by Gasteiger charge is -2.11. The number of halogens is 4. The van der Waals surface area contributed by atoms with Gasteiger partial charge in [0, 0.05) is 0 Å². The molecular formula is C14H13ClF3NO3. The first kappa shape index (κ1) is 16.6. The average Bonchev–Trinajstić information content (AvgIpc) is 3.14. The second-order valence-corrected chi connectivity index (χ2v) is 5.57. The molecule has 1 aromatic carbocycles. The summed E-state index contributed by atoms with van der Waals surface area (Å²) in [7, 11) is 0. The number of amides is 1. The number of rotatable bonds is 4. The van der Waals surface area contributed by atoms with Gasteiger partial charge in [-0.05, 0) is 30.5 Å². The maximum Gasteiger partial charge on any atom is 0.416 e. The van der Waals surface area contributed by atoms with E-state index in [2.05, 4.69) is 5.32 Å². The highest BCUT2D eigenvalue weighted by molar-refractivity contribution is 6.33. The van der Waals surface area contributed by atoms with Crippen LogP contribution in [0.5, 0.6) is 0 Å². The number of hydrogen-bond acceptors (Lipinski definition) is 3.